The lowest BCUT2D eigenvalue weighted by Gasteiger charge is -2.07. The first kappa shape index (κ1) is 13.6. The first-order valence-corrected chi connectivity index (χ1v) is 6.28. The fourth-order valence-electron chi connectivity index (χ4n) is 1.72. The van der Waals surface area contributed by atoms with Crippen LogP contribution in [-0.2, 0) is 11.2 Å². The monoisotopic (exact) mass is 277 g/mol. The van der Waals surface area contributed by atoms with Crippen molar-refractivity contribution < 1.29 is 9.18 Å². The van der Waals surface area contributed by atoms with E-state index < -0.39 is 5.82 Å². The lowest BCUT2D eigenvalue weighted by atomic mass is 10.1. The SMILES string of the molecule is O=C(CNc1ccccc1)Cc1c(F)cccc1Cl. The maximum Gasteiger partial charge on any atom is 0.156 e. The van der Waals surface area contributed by atoms with Gasteiger partial charge < -0.3 is 5.32 Å². The summed E-state index contributed by atoms with van der Waals surface area (Å²) >= 11 is 5.88. The van der Waals surface area contributed by atoms with E-state index in [0.717, 1.165) is 5.69 Å². The quantitative estimate of drug-likeness (QED) is 0.903. The van der Waals surface area contributed by atoms with E-state index in [0.29, 0.717) is 0 Å². The Morgan fingerprint density at radius 2 is 1.84 bits per heavy atom. The van der Waals surface area contributed by atoms with Crippen LogP contribution in [0.3, 0.4) is 0 Å². The molecule has 98 valence electrons. The van der Waals surface area contributed by atoms with Gasteiger partial charge in [-0.25, -0.2) is 4.39 Å². The van der Waals surface area contributed by atoms with Gasteiger partial charge in [-0.15, -0.1) is 0 Å². The van der Waals surface area contributed by atoms with Crippen molar-refractivity contribution >= 4 is 23.1 Å². The molecule has 0 amide bonds. The third-order valence-electron chi connectivity index (χ3n) is 2.70. The van der Waals surface area contributed by atoms with Gasteiger partial charge in [-0.3, -0.25) is 4.79 Å². The number of para-hydroxylation sites is 1. The van der Waals surface area contributed by atoms with Gasteiger partial charge in [-0.1, -0.05) is 35.9 Å². The van der Waals surface area contributed by atoms with E-state index in [2.05, 4.69) is 5.32 Å². The number of Topliss-reactive ketones (excluding diaryl/α,β-unsaturated/α-hetero) is 1. The number of nitrogens with one attached hydrogen (secondary N) is 1. The first-order chi connectivity index (χ1) is 9.16. The molecule has 0 spiro atoms. The molecule has 0 radical (unpaired) electrons. The van der Waals surface area contributed by atoms with E-state index in [4.69, 9.17) is 11.6 Å². The van der Waals surface area contributed by atoms with Crippen LogP contribution < -0.4 is 5.32 Å². The van der Waals surface area contributed by atoms with Crippen LogP contribution in [0.5, 0.6) is 0 Å². The Labute approximate surface area is 116 Å². The molecule has 0 atom stereocenters. The minimum atomic E-state index is -0.444. The van der Waals surface area contributed by atoms with Crippen molar-refractivity contribution in [1.29, 1.82) is 0 Å². The Balaban J connectivity index is 1.95. The number of anilines is 1. The van der Waals surface area contributed by atoms with Crippen molar-refractivity contribution in [3.05, 3.63) is 64.9 Å². The second kappa shape index (κ2) is 6.34. The largest absolute Gasteiger partial charge is 0.378 e. The Morgan fingerprint density at radius 3 is 2.53 bits per heavy atom. The highest BCUT2D eigenvalue weighted by molar-refractivity contribution is 6.31. The number of hydrogen-bond acceptors (Lipinski definition) is 2. The highest BCUT2D eigenvalue weighted by atomic mass is 35.5. The molecule has 0 bridgehead atoms. The van der Waals surface area contributed by atoms with Crippen molar-refractivity contribution in [3.8, 4) is 0 Å². The summed E-state index contributed by atoms with van der Waals surface area (Å²) in [6, 6.07) is 13.8. The maximum absolute atomic E-state index is 13.5. The molecule has 0 fully saturated rings. The van der Waals surface area contributed by atoms with Gasteiger partial charge >= 0.3 is 0 Å². The molecule has 0 heterocycles. The summed E-state index contributed by atoms with van der Waals surface area (Å²) in [7, 11) is 0. The summed E-state index contributed by atoms with van der Waals surface area (Å²) < 4.78 is 13.5. The smallest absolute Gasteiger partial charge is 0.156 e. The third-order valence-corrected chi connectivity index (χ3v) is 3.05. The summed E-state index contributed by atoms with van der Waals surface area (Å²) in [4.78, 5) is 11.8. The van der Waals surface area contributed by atoms with Crippen LogP contribution in [0.2, 0.25) is 5.02 Å². The van der Waals surface area contributed by atoms with E-state index in [1.54, 1.807) is 6.07 Å². The first-order valence-electron chi connectivity index (χ1n) is 5.90. The Morgan fingerprint density at radius 1 is 1.11 bits per heavy atom. The second-order valence-corrected chi connectivity index (χ2v) is 4.54. The van der Waals surface area contributed by atoms with Gasteiger partial charge in [0.25, 0.3) is 0 Å². The van der Waals surface area contributed by atoms with Gasteiger partial charge in [0.1, 0.15) is 5.82 Å². The highest BCUT2D eigenvalue weighted by Crippen LogP contribution is 2.19. The fourth-order valence-corrected chi connectivity index (χ4v) is 1.95. The normalized spacial score (nSPS) is 10.2. The number of benzene rings is 2. The van der Waals surface area contributed by atoms with Crippen molar-refractivity contribution in [3.63, 3.8) is 0 Å². The second-order valence-electron chi connectivity index (χ2n) is 4.14. The Kier molecular flexibility index (Phi) is 4.53. The van der Waals surface area contributed by atoms with E-state index in [9.17, 15) is 9.18 Å². The number of hydrogen-bond donors (Lipinski definition) is 1. The fraction of sp³-hybridized carbons (Fsp3) is 0.133. The summed E-state index contributed by atoms with van der Waals surface area (Å²) in [5.41, 5.74) is 1.11. The standard InChI is InChI=1S/C15H13ClFNO/c16-14-7-4-8-15(17)13(14)9-12(19)10-18-11-5-2-1-3-6-11/h1-8,18H,9-10H2. The van der Waals surface area contributed by atoms with Crippen molar-refractivity contribution in [2.45, 2.75) is 6.42 Å². The molecule has 4 heteroatoms. The van der Waals surface area contributed by atoms with E-state index in [-0.39, 0.29) is 29.3 Å². The Hall–Kier alpha value is -1.87. The zero-order valence-electron chi connectivity index (χ0n) is 10.2. The van der Waals surface area contributed by atoms with E-state index in [1.165, 1.54) is 12.1 Å². The summed E-state index contributed by atoms with van der Waals surface area (Å²) in [5.74, 6) is -0.559. The topological polar surface area (TPSA) is 29.1 Å². The summed E-state index contributed by atoms with van der Waals surface area (Å²) in [6.07, 6.45) is -0.00859. The molecule has 2 nitrogen and oxygen atoms in total. The van der Waals surface area contributed by atoms with Gasteiger partial charge in [0.15, 0.2) is 5.78 Å². The maximum atomic E-state index is 13.5. The van der Waals surface area contributed by atoms with Crippen LogP contribution in [-0.4, -0.2) is 12.3 Å². The van der Waals surface area contributed by atoms with Gasteiger partial charge in [-0.05, 0) is 24.3 Å². The average molecular weight is 278 g/mol. The number of halogens is 2. The molecule has 2 rings (SSSR count). The molecule has 0 saturated heterocycles. The van der Waals surface area contributed by atoms with Crippen LogP contribution in [0.4, 0.5) is 10.1 Å². The number of ketones is 1. The van der Waals surface area contributed by atoms with Crippen LogP contribution in [0.15, 0.2) is 48.5 Å². The van der Waals surface area contributed by atoms with Crippen LogP contribution >= 0.6 is 11.6 Å². The van der Waals surface area contributed by atoms with E-state index >= 15 is 0 Å². The molecule has 19 heavy (non-hydrogen) atoms. The van der Waals surface area contributed by atoms with Gasteiger partial charge in [0, 0.05) is 22.7 Å². The predicted molar refractivity (Wildman–Crippen MR) is 75.1 cm³/mol. The molecule has 0 aliphatic rings. The van der Waals surface area contributed by atoms with Crippen molar-refractivity contribution in [2.24, 2.45) is 0 Å². The third kappa shape index (κ3) is 3.80. The van der Waals surface area contributed by atoms with Crippen molar-refractivity contribution in [1.82, 2.24) is 0 Å². The molecule has 0 aliphatic carbocycles. The zero-order chi connectivity index (χ0) is 13.7. The molecule has 1 N–H and O–H groups in total. The lowest BCUT2D eigenvalue weighted by Crippen LogP contribution is -2.16. The van der Waals surface area contributed by atoms with Gasteiger partial charge in [0.05, 0.1) is 6.54 Å². The molecule has 0 unspecified atom stereocenters. The summed E-state index contributed by atoms with van der Waals surface area (Å²) in [5, 5.41) is 3.27. The number of carbonyl (C=O) groups excluding carboxylic acids is 1. The van der Waals surface area contributed by atoms with Gasteiger partial charge in [0.2, 0.25) is 0 Å². The molecule has 0 aliphatic heterocycles. The van der Waals surface area contributed by atoms with E-state index in [1.807, 2.05) is 30.3 Å². The zero-order valence-corrected chi connectivity index (χ0v) is 11.0. The summed E-state index contributed by atoms with van der Waals surface area (Å²) in [6.45, 7) is 0.147. The molecule has 2 aromatic rings. The van der Waals surface area contributed by atoms with Gasteiger partial charge in [-0.2, -0.15) is 0 Å². The van der Waals surface area contributed by atoms with Crippen LogP contribution in [0.25, 0.3) is 0 Å². The molecule has 0 saturated carbocycles. The van der Waals surface area contributed by atoms with Crippen LogP contribution in [0.1, 0.15) is 5.56 Å². The number of rotatable bonds is 5. The lowest BCUT2D eigenvalue weighted by molar-refractivity contribution is -0.116. The highest BCUT2D eigenvalue weighted by Gasteiger charge is 2.11. The minimum absolute atomic E-state index is 0.00859. The number of carbonyl (C=O) groups is 1. The predicted octanol–water partition coefficient (Wildman–Crippen LogP) is 3.70. The Bertz CT molecular complexity index is 551. The molecular weight excluding hydrogens is 265 g/mol. The molecular formula is C15H13ClFNO. The molecule has 2 aromatic carbocycles. The average Bonchev–Trinajstić information content (AvgIpc) is 2.42. The molecule has 0 aromatic heterocycles. The minimum Gasteiger partial charge on any atom is -0.378 e. The van der Waals surface area contributed by atoms with Crippen LogP contribution in [0, 0.1) is 5.82 Å². The van der Waals surface area contributed by atoms with Crippen molar-refractivity contribution in [2.75, 3.05) is 11.9 Å².